The van der Waals surface area contributed by atoms with Crippen LogP contribution in [0, 0.1) is 0 Å². The molecular formula is C8H14N4S. The number of aromatic nitrogens is 2. The van der Waals surface area contributed by atoms with E-state index >= 15 is 0 Å². The van der Waals surface area contributed by atoms with E-state index in [-0.39, 0.29) is 0 Å². The maximum atomic E-state index is 5.82. The van der Waals surface area contributed by atoms with E-state index in [1.807, 2.05) is 0 Å². The van der Waals surface area contributed by atoms with E-state index < -0.39 is 0 Å². The SMILES string of the molecule is NC1CCC(Nc2cnns2)CC1. The molecule has 0 atom stereocenters. The number of anilines is 1. The number of nitrogens with zero attached hydrogens (tertiary/aromatic N) is 2. The molecule has 2 rings (SSSR count). The van der Waals surface area contributed by atoms with E-state index in [4.69, 9.17) is 5.73 Å². The maximum absolute atomic E-state index is 5.82. The lowest BCUT2D eigenvalue weighted by Crippen LogP contribution is -2.32. The lowest BCUT2D eigenvalue weighted by atomic mass is 9.92. The summed E-state index contributed by atoms with van der Waals surface area (Å²) in [5, 5.41) is 8.27. The second kappa shape index (κ2) is 4.02. The van der Waals surface area contributed by atoms with Gasteiger partial charge in [-0.15, -0.1) is 5.10 Å². The van der Waals surface area contributed by atoms with Crippen LogP contribution < -0.4 is 11.1 Å². The van der Waals surface area contributed by atoms with Crippen molar-refractivity contribution in [2.45, 2.75) is 37.8 Å². The highest BCUT2D eigenvalue weighted by Crippen LogP contribution is 2.21. The quantitative estimate of drug-likeness (QED) is 0.750. The minimum absolute atomic E-state index is 0.414. The molecule has 1 fully saturated rings. The third-order valence-electron chi connectivity index (χ3n) is 2.48. The van der Waals surface area contributed by atoms with E-state index in [9.17, 15) is 0 Å². The molecule has 1 saturated carbocycles. The number of hydrogen-bond acceptors (Lipinski definition) is 5. The highest BCUT2D eigenvalue weighted by molar-refractivity contribution is 7.09. The van der Waals surface area contributed by atoms with Gasteiger partial charge in [-0.1, -0.05) is 4.49 Å². The van der Waals surface area contributed by atoms with Gasteiger partial charge < -0.3 is 11.1 Å². The third kappa shape index (κ3) is 2.38. The Kier molecular flexibility index (Phi) is 2.75. The zero-order chi connectivity index (χ0) is 9.10. The molecule has 4 nitrogen and oxygen atoms in total. The average molecular weight is 198 g/mol. The number of nitrogens with two attached hydrogens (primary N) is 1. The molecule has 0 aliphatic heterocycles. The van der Waals surface area contributed by atoms with Crippen molar-refractivity contribution in [2.24, 2.45) is 5.73 Å². The smallest absolute Gasteiger partial charge is 0.130 e. The first-order chi connectivity index (χ1) is 6.34. The van der Waals surface area contributed by atoms with Gasteiger partial charge >= 0.3 is 0 Å². The van der Waals surface area contributed by atoms with Crippen LogP contribution in [0.4, 0.5) is 5.00 Å². The van der Waals surface area contributed by atoms with Crippen molar-refractivity contribution in [1.82, 2.24) is 9.59 Å². The molecule has 0 unspecified atom stereocenters. The fraction of sp³-hybridized carbons (Fsp3) is 0.750. The molecule has 0 amide bonds. The van der Waals surface area contributed by atoms with Crippen molar-refractivity contribution in [3.05, 3.63) is 6.20 Å². The van der Waals surface area contributed by atoms with Crippen LogP contribution in [0.2, 0.25) is 0 Å². The van der Waals surface area contributed by atoms with Gasteiger partial charge in [0.25, 0.3) is 0 Å². The Morgan fingerprint density at radius 3 is 2.77 bits per heavy atom. The van der Waals surface area contributed by atoms with Gasteiger partial charge in [0.05, 0.1) is 6.20 Å². The Balaban J connectivity index is 1.83. The summed E-state index contributed by atoms with van der Waals surface area (Å²) in [6.45, 7) is 0. The van der Waals surface area contributed by atoms with Crippen LogP contribution in [0.25, 0.3) is 0 Å². The topological polar surface area (TPSA) is 63.8 Å². The van der Waals surface area contributed by atoms with Gasteiger partial charge in [-0.3, -0.25) is 0 Å². The highest BCUT2D eigenvalue weighted by Gasteiger charge is 2.18. The lowest BCUT2D eigenvalue weighted by molar-refractivity contribution is 0.411. The largest absolute Gasteiger partial charge is 0.372 e. The van der Waals surface area contributed by atoms with Crippen molar-refractivity contribution in [2.75, 3.05) is 5.32 Å². The van der Waals surface area contributed by atoms with E-state index in [1.54, 1.807) is 6.20 Å². The summed E-state index contributed by atoms with van der Waals surface area (Å²) in [5.41, 5.74) is 5.82. The Bertz CT molecular complexity index is 241. The van der Waals surface area contributed by atoms with Gasteiger partial charge in [0, 0.05) is 23.6 Å². The fourth-order valence-corrected chi connectivity index (χ4v) is 2.19. The molecule has 0 radical (unpaired) electrons. The predicted molar refractivity (Wildman–Crippen MR) is 53.8 cm³/mol. The number of hydrogen-bond donors (Lipinski definition) is 2. The summed E-state index contributed by atoms with van der Waals surface area (Å²) >= 11 is 1.41. The molecule has 1 heterocycles. The molecule has 13 heavy (non-hydrogen) atoms. The van der Waals surface area contributed by atoms with Gasteiger partial charge in [0.15, 0.2) is 0 Å². The maximum Gasteiger partial charge on any atom is 0.130 e. The molecule has 0 saturated heterocycles. The standard InChI is InChI=1S/C8H14N4S/c9-6-1-3-7(4-2-6)11-8-5-10-12-13-8/h5-7,11H,1-4,9H2. The highest BCUT2D eigenvalue weighted by atomic mass is 32.1. The number of rotatable bonds is 2. The zero-order valence-electron chi connectivity index (χ0n) is 7.44. The van der Waals surface area contributed by atoms with Crippen LogP contribution in [0.5, 0.6) is 0 Å². The van der Waals surface area contributed by atoms with Gasteiger partial charge in [0.2, 0.25) is 0 Å². The molecule has 72 valence electrons. The first-order valence-electron chi connectivity index (χ1n) is 4.64. The minimum Gasteiger partial charge on any atom is -0.372 e. The molecule has 0 spiro atoms. The van der Waals surface area contributed by atoms with E-state index in [1.165, 1.54) is 24.4 Å². The molecule has 1 aliphatic carbocycles. The van der Waals surface area contributed by atoms with E-state index in [0.717, 1.165) is 17.8 Å². The van der Waals surface area contributed by atoms with Crippen molar-refractivity contribution in [1.29, 1.82) is 0 Å². The minimum atomic E-state index is 0.414. The number of nitrogens with one attached hydrogen (secondary N) is 1. The molecule has 1 aromatic rings. The summed E-state index contributed by atoms with van der Waals surface area (Å²) in [6, 6.07) is 0.986. The molecule has 0 bridgehead atoms. The van der Waals surface area contributed by atoms with Crippen LogP contribution in [0.1, 0.15) is 25.7 Å². The van der Waals surface area contributed by atoms with Gasteiger partial charge in [-0.05, 0) is 25.7 Å². The Labute approximate surface area is 81.7 Å². The molecule has 1 aliphatic rings. The van der Waals surface area contributed by atoms with Crippen molar-refractivity contribution in [3.63, 3.8) is 0 Å². The van der Waals surface area contributed by atoms with Crippen LogP contribution in [-0.2, 0) is 0 Å². The molecular weight excluding hydrogens is 184 g/mol. The van der Waals surface area contributed by atoms with Crippen LogP contribution in [0.15, 0.2) is 6.20 Å². The van der Waals surface area contributed by atoms with E-state index in [2.05, 4.69) is 14.9 Å². The lowest BCUT2D eigenvalue weighted by Gasteiger charge is -2.26. The molecule has 5 heteroatoms. The molecule has 0 aromatic carbocycles. The van der Waals surface area contributed by atoms with Gasteiger partial charge in [-0.2, -0.15) is 0 Å². The zero-order valence-corrected chi connectivity index (χ0v) is 8.26. The summed E-state index contributed by atoms with van der Waals surface area (Å²) in [5.74, 6) is 0. The van der Waals surface area contributed by atoms with Crippen molar-refractivity contribution >= 4 is 16.5 Å². The van der Waals surface area contributed by atoms with Gasteiger partial charge in [0.1, 0.15) is 5.00 Å². The summed E-state index contributed by atoms with van der Waals surface area (Å²) in [7, 11) is 0. The van der Waals surface area contributed by atoms with E-state index in [0.29, 0.717) is 12.1 Å². The Morgan fingerprint density at radius 1 is 1.38 bits per heavy atom. The van der Waals surface area contributed by atoms with Crippen molar-refractivity contribution < 1.29 is 0 Å². The average Bonchev–Trinajstić information content (AvgIpc) is 2.62. The Morgan fingerprint density at radius 2 is 2.15 bits per heavy atom. The first-order valence-corrected chi connectivity index (χ1v) is 5.41. The Hall–Kier alpha value is -0.680. The normalized spacial score (nSPS) is 28.7. The first kappa shape index (κ1) is 8.90. The molecule has 3 N–H and O–H groups in total. The van der Waals surface area contributed by atoms with Crippen LogP contribution in [-0.4, -0.2) is 21.7 Å². The second-order valence-corrected chi connectivity index (χ2v) is 4.32. The van der Waals surface area contributed by atoms with Gasteiger partial charge in [-0.25, -0.2) is 0 Å². The molecule has 1 aromatic heterocycles. The monoisotopic (exact) mass is 198 g/mol. The fourth-order valence-electron chi connectivity index (χ4n) is 1.70. The summed E-state index contributed by atoms with van der Waals surface area (Å²) in [6.07, 6.45) is 6.37. The predicted octanol–water partition coefficient (Wildman–Crippen LogP) is 1.22. The summed E-state index contributed by atoms with van der Waals surface area (Å²) < 4.78 is 3.81. The van der Waals surface area contributed by atoms with Crippen LogP contribution in [0.3, 0.4) is 0 Å². The second-order valence-electron chi connectivity index (χ2n) is 3.54. The van der Waals surface area contributed by atoms with Crippen molar-refractivity contribution in [3.8, 4) is 0 Å². The third-order valence-corrected chi connectivity index (χ3v) is 3.08. The van der Waals surface area contributed by atoms with Crippen LogP contribution >= 0.6 is 11.5 Å². The summed E-state index contributed by atoms with van der Waals surface area (Å²) in [4.78, 5) is 0.